The number of H-pyrrole nitrogens is 1. The van der Waals surface area contributed by atoms with E-state index in [4.69, 9.17) is 16.3 Å². The van der Waals surface area contributed by atoms with Gasteiger partial charge in [0.2, 0.25) is 0 Å². The summed E-state index contributed by atoms with van der Waals surface area (Å²) in [5.41, 5.74) is 0.966. The Morgan fingerprint density at radius 2 is 2.35 bits per heavy atom. The van der Waals surface area contributed by atoms with Crippen molar-refractivity contribution in [3.63, 3.8) is 0 Å². The fourth-order valence-electron chi connectivity index (χ4n) is 1.32. The normalized spacial score (nSPS) is 10.5. The number of aromatic amines is 1. The van der Waals surface area contributed by atoms with Crippen molar-refractivity contribution in [1.29, 1.82) is 0 Å². The van der Waals surface area contributed by atoms with Crippen LogP contribution in [0.5, 0.6) is 0 Å². The minimum absolute atomic E-state index is 0.333. The molecular formula is C10H12ClN5O. The number of anilines is 1. The first-order valence-corrected chi connectivity index (χ1v) is 5.39. The summed E-state index contributed by atoms with van der Waals surface area (Å²) in [5, 5.41) is 3.51. The Hall–Kier alpha value is -1.66. The highest BCUT2D eigenvalue weighted by Gasteiger charge is 2.03. The van der Waals surface area contributed by atoms with Gasteiger partial charge in [0.1, 0.15) is 17.6 Å². The van der Waals surface area contributed by atoms with Crippen LogP contribution in [0.25, 0.3) is 0 Å². The summed E-state index contributed by atoms with van der Waals surface area (Å²) in [4.78, 5) is 15.2. The molecule has 0 saturated heterocycles. The highest BCUT2D eigenvalue weighted by Crippen LogP contribution is 2.12. The Morgan fingerprint density at radius 1 is 1.47 bits per heavy atom. The quantitative estimate of drug-likeness (QED) is 0.792. The molecule has 0 radical (unpaired) electrons. The molecule has 6 nitrogen and oxygen atoms in total. The van der Waals surface area contributed by atoms with E-state index in [0.29, 0.717) is 29.9 Å². The number of rotatable bonds is 5. The summed E-state index contributed by atoms with van der Waals surface area (Å²) < 4.78 is 4.96. The van der Waals surface area contributed by atoms with Gasteiger partial charge in [-0.25, -0.2) is 15.0 Å². The van der Waals surface area contributed by atoms with Crippen LogP contribution in [0.2, 0.25) is 5.15 Å². The van der Waals surface area contributed by atoms with E-state index in [2.05, 4.69) is 25.3 Å². The largest absolute Gasteiger partial charge is 0.377 e. The predicted molar refractivity (Wildman–Crippen MR) is 63.7 cm³/mol. The number of ether oxygens (including phenoxy) is 1. The molecule has 0 spiro atoms. The maximum Gasteiger partial charge on any atom is 0.158 e. The number of nitrogens with zero attached hydrogens (tertiary/aromatic N) is 3. The van der Waals surface area contributed by atoms with Gasteiger partial charge >= 0.3 is 0 Å². The second-order valence-corrected chi connectivity index (χ2v) is 3.74. The number of hydrogen-bond donors (Lipinski definition) is 2. The number of methoxy groups -OCH3 is 1. The average molecular weight is 254 g/mol. The zero-order valence-corrected chi connectivity index (χ0v) is 10.0. The lowest BCUT2D eigenvalue weighted by atomic mass is 10.4. The van der Waals surface area contributed by atoms with Crippen molar-refractivity contribution in [2.24, 2.45) is 0 Å². The first-order chi connectivity index (χ1) is 8.28. The van der Waals surface area contributed by atoms with E-state index in [9.17, 15) is 0 Å². The van der Waals surface area contributed by atoms with E-state index in [0.717, 1.165) is 5.69 Å². The van der Waals surface area contributed by atoms with E-state index in [1.54, 1.807) is 25.7 Å². The van der Waals surface area contributed by atoms with Gasteiger partial charge in [-0.05, 0) is 0 Å². The van der Waals surface area contributed by atoms with Gasteiger partial charge in [0.25, 0.3) is 0 Å². The fraction of sp³-hybridized carbons (Fsp3) is 0.300. The molecule has 0 saturated carbocycles. The number of imidazole rings is 1. The van der Waals surface area contributed by atoms with Gasteiger partial charge in [0, 0.05) is 19.4 Å². The lowest BCUT2D eigenvalue weighted by Crippen LogP contribution is -2.05. The topological polar surface area (TPSA) is 75.7 Å². The Kier molecular flexibility index (Phi) is 3.89. The fourth-order valence-corrected chi connectivity index (χ4v) is 1.52. The highest BCUT2D eigenvalue weighted by atomic mass is 35.5. The first kappa shape index (κ1) is 11.8. The molecule has 2 rings (SSSR count). The molecule has 2 aromatic rings. The molecule has 0 amide bonds. The van der Waals surface area contributed by atoms with Crippen molar-refractivity contribution in [3.8, 4) is 0 Å². The molecule has 0 aliphatic rings. The van der Waals surface area contributed by atoms with Crippen LogP contribution in [0.3, 0.4) is 0 Å². The maximum atomic E-state index is 5.88. The van der Waals surface area contributed by atoms with Crippen molar-refractivity contribution < 1.29 is 4.74 Å². The Labute approximate surface area is 103 Å². The van der Waals surface area contributed by atoms with Gasteiger partial charge < -0.3 is 15.0 Å². The Morgan fingerprint density at radius 3 is 3.06 bits per heavy atom. The summed E-state index contributed by atoms with van der Waals surface area (Å²) in [5.74, 6) is 1.21. The number of nitrogens with one attached hydrogen (secondary N) is 2. The van der Waals surface area contributed by atoms with E-state index in [-0.39, 0.29) is 0 Å². The summed E-state index contributed by atoms with van der Waals surface area (Å²) in [6.45, 7) is 0.930. The molecule has 2 heterocycles. The van der Waals surface area contributed by atoms with Gasteiger partial charge in [-0.3, -0.25) is 0 Å². The standard InChI is InChI=1S/C10H12ClN5O/c1-17-5-10-15-8(11)2-9(16-10)13-4-7-3-12-6-14-7/h2-3,6H,4-5H2,1H3,(H,12,14)(H,13,15,16). The molecule has 0 aromatic carbocycles. The van der Waals surface area contributed by atoms with Gasteiger partial charge in [-0.1, -0.05) is 11.6 Å². The van der Waals surface area contributed by atoms with E-state index < -0.39 is 0 Å². The molecule has 0 atom stereocenters. The number of hydrogen-bond acceptors (Lipinski definition) is 5. The van der Waals surface area contributed by atoms with E-state index in [1.165, 1.54) is 0 Å². The molecule has 17 heavy (non-hydrogen) atoms. The van der Waals surface area contributed by atoms with Gasteiger partial charge in [-0.2, -0.15) is 0 Å². The van der Waals surface area contributed by atoms with Crippen LogP contribution in [0.4, 0.5) is 5.82 Å². The second kappa shape index (κ2) is 5.60. The van der Waals surface area contributed by atoms with Gasteiger partial charge in [0.15, 0.2) is 5.82 Å². The van der Waals surface area contributed by atoms with Crippen molar-refractivity contribution in [2.75, 3.05) is 12.4 Å². The zero-order chi connectivity index (χ0) is 12.1. The lowest BCUT2D eigenvalue weighted by molar-refractivity contribution is 0.178. The molecule has 7 heteroatoms. The summed E-state index contributed by atoms with van der Waals surface area (Å²) in [6, 6.07) is 1.66. The third-order valence-corrected chi connectivity index (χ3v) is 2.22. The summed E-state index contributed by atoms with van der Waals surface area (Å²) in [7, 11) is 1.59. The molecule has 90 valence electrons. The Balaban J connectivity index is 2.04. The summed E-state index contributed by atoms with van der Waals surface area (Å²) in [6.07, 6.45) is 3.37. The van der Waals surface area contributed by atoms with Crippen LogP contribution >= 0.6 is 11.6 Å². The second-order valence-electron chi connectivity index (χ2n) is 3.36. The van der Waals surface area contributed by atoms with Crippen LogP contribution in [0.15, 0.2) is 18.6 Å². The molecule has 0 aliphatic carbocycles. The monoisotopic (exact) mass is 253 g/mol. The van der Waals surface area contributed by atoms with Crippen molar-refractivity contribution in [1.82, 2.24) is 19.9 Å². The van der Waals surface area contributed by atoms with Crippen LogP contribution < -0.4 is 5.32 Å². The number of halogens is 1. The molecule has 0 bridgehead atoms. The van der Waals surface area contributed by atoms with E-state index >= 15 is 0 Å². The zero-order valence-electron chi connectivity index (χ0n) is 9.27. The van der Waals surface area contributed by atoms with Gasteiger partial charge in [-0.15, -0.1) is 0 Å². The average Bonchev–Trinajstić information content (AvgIpc) is 2.79. The minimum Gasteiger partial charge on any atom is -0.377 e. The van der Waals surface area contributed by atoms with Crippen LogP contribution in [0.1, 0.15) is 11.5 Å². The molecule has 2 aromatic heterocycles. The van der Waals surface area contributed by atoms with Crippen LogP contribution in [-0.4, -0.2) is 27.0 Å². The SMILES string of the molecule is COCc1nc(Cl)cc(NCc2cnc[nH]2)n1. The van der Waals surface area contributed by atoms with E-state index in [1.807, 2.05) is 0 Å². The maximum absolute atomic E-state index is 5.88. The third-order valence-electron chi connectivity index (χ3n) is 2.03. The van der Waals surface area contributed by atoms with Crippen molar-refractivity contribution >= 4 is 17.4 Å². The Bertz CT molecular complexity index is 474. The highest BCUT2D eigenvalue weighted by molar-refractivity contribution is 6.29. The molecular weight excluding hydrogens is 242 g/mol. The lowest BCUT2D eigenvalue weighted by Gasteiger charge is -2.06. The van der Waals surface area contributed by atoms with Crippen LogP contribution in [-0.2, 0) is 17.9 Å². The molecule has 2 N–H and O–H groups in total. The van der Waals surface area contributed by atoms with Crippen molar-refractivity contribution in [3.05, 3.63) is 35.3 Å². The van der Waals surface area contributed by atoms with Gasteiger partial charge in [0.05, 0.1) is 18.6 Å². The van der Waals surface area contributed by atoms with Crippen LogP contribution in [0, 0.1) is 0 Å². The third kappa shape index (κ3) is 3.40. The molecule has 0 unspecified atom stereocenters. The van der Waals surface area contributed by atoms with Crippen molar-refractivity contribution in [2.45, 2.75) is 13.2 Å². The first-order valence-electron chi connectivity index (χ1n) is 5.01. The minimum atomic E-state index is 0.333. The molecule has 0 aliphatic heterocycles. The summed E-state index contributed by atoms with van der Waals surface area (Å²) >= 11 is 5.88. The smallest absolute Gasteiger partial charge is 0.158 e. The number of aromatic nitrogens is 4. The predicted octanol–water partition coefficient (Wildman–Crippen LogP) is 1.61. The molecule has 0 fully saturated rings.